The van der Waals surface area contributed by atoms with Gasteiger partial charge >= 0.3 is 0 Å². The van der Waals surface area contributed by atoms with Crippen molar-refractivity contribution >= 4 is 5.82 Å². The molecule has 0 radical (unpaired) electrons. The van der Waals surface area contributed by atoms with Crippen molar-refractivity contribution in [1.29, 1.82) is 0 Å². The van der Waals surface area contributed by atoms with Crippen molar-refractivity contribution in [3.05, 3.63) is 35.8 Å². The quantitative estimate of drug-likeness (QED) is 0.740. The number of nitrogens with two attached hydrogens (primary N) is 1. The van der Waals surface area contributed by atoms with Crippen molar-refractivity contribution in [3.8, 4) is 5.69 Å². The molecule has 0 atom stereocenters. The molecule has 1 heterocycles. The summed E-state index contributed by atoms with van der Waals surface area (Å²) in [7, 11) is 0. The van der Waals surface area contributed by atoms with E-state index in [1.165, 1.54) is 23.0 Å². The molecule has 1 aromatic carbocycles. The van der Waals surface area contributed by atoms with E-state index in [1.54, 1.807) is 6.07 Å². The number of hydrogen-bond donors (Lipinski definition) is 1. The Bertz CT molecular complexity index is 443. The molecule has 1 aromatic heterocycles. The lowest BCUT2D eigenvalue weighted by atomic mass is 10.2. The maximum atomic E-state index is 13.0. The van der Waals surface area contributed by atoms with Crippen LogP contribution in [0.4, 0.5) is 10.2 Å². The van der Waals surface area contributed by atoms with E-state index in [4.69, 9.17) is 5.73 Å². The Morgan fingerprint density at radius 1 is 1.36 bits per heavy atom. The van der Waals surface area contributed by atoms with Crippen molar-refractivity contribution in [2.45, 2.75) is 6.92 Å². The smallest absolute Gasteiger partial charge is 0.166 e. The summed E-state index contributed by atoms with van der Waals surface area (Å²) < 4.78 is 14.5. The van der Waals surface area contributed by atoms with Crippen LogP contribution >= 0.6 is 0 Å². The van der Waals surface area contributed by atoms with Crippen LogP contribution in [0.2, 0.25) is 0 Å². The molecule has 0 spiro atoms. The second-order valence-corrected chi connectivity index (χ2v) is 3.07. The van der Waals surface area contributed by atoms with Crippen LogP contribution in [0.15, 0.2) is 24.4 Å². The van der Waals surface area contributed by atoms with Gasteiger partial charge in [-0.25, -0.2) is 9.07 Å². The van der Waals surface area contributed by atoms with E-state index in [9.17, 15) is 4.39 Å². The van der Waals surface area contributed by atoms with Gasteiger partial charge in [-0.3, -0.25) is 0 Å². The zero-order chi connectivity index (χ0) is 10.1. The van der Waals surface area contributed by atoms with Gasteiger partial charge in [0.25, 0.3) is 0 Å². The van der Waals surface area contributed by atoms with Gasteiger partial charge < -0.3 is 5.73 Å². The fourth-order valence-corrected chi connectivity index (χ4v) is 1.25. The molecule has 0 saturated heterocycles. The Morgan fingerprint density at radius 3 is 2.71 bits per heavy atom. The number of benzene rings is 1. The first-order chi connectivity index (χ1) is 6.65. The number of aromatic nitrogens is 3. The summed E-state index contributed by atoms with van der Waals surface area (Å²) in [6.07, 6.45) is 1.54. The van der Waals surface area contributed by atoms with E-state index in [-0.39, 0.29) is 5.82 Å². The first-order valence-electron chi connectivity index (χ1n) is 4.10. The van der Waals surface area contributed by atoms with E-state index in [1.807, 2.05) is 6.92 Å². The SMILES string of the molecule is Cc1cc(F)cc(-n2cc(N)nn2)c1. The Morgan fingerprint density at radius 2 is 2.14 bits per heavy atom. The van der Waals surface area contributed by atoms with Crippen LogP contribution in [-0.2, 0) is 0 Å². The van der Waals surface area contributed by atoms with Gasteiger partial charge in [0, 0.05) is 0 Å². The maximum absolute atomic E-state index is 13.0. The third kappa shape index (κ3) is 1.56. The van der Waals surface area contributed by atoms with Crippen LogP contribution in [0.3, 0.4) is 0 Å². The minimum absolute atomic E-state index is 0.297. The van der Waals surface area contributed by atoms with Crippen molar-refractivity contribution in [2.24, 2.45) is 0 Å². The van der Waals surface area contributed by atoms with Crippen LogP contribution in [0.1, 0.15) is 5.56 Å². The van der Waals surface area contributed by atoms with Crippen molar-refractivity contribution in [1.82, 2.24) is 15.0 Å². The van der Waals surface area contributed by atoms with Crippen LogP contribution in [0, 0.1) is 12.7 Å². The molecule has 14 heavy (non-hydrogen) atoms. The molecule has 0 bridgehead atoms. The molecule has 0 aliphatic rings. The normalized spacial score (nSPS) is 10.4. The third-order valence-electron chi connectivity index (χ3n) is 1.80. The average molecular weight is 192 g/mol. The largest absolute Gasteiger partial charge is 0.381 e. The number of aryl methyl sites for hydroxylation is 1. The molecule has 2 N–H and O–H groups in total. The summed E-state index contributed by atoms with van der Waals surface area (Å²) in [5.74, 6) is 0.0148. The van der Waals surface area contributed by atoms with Gasteiger partial charge in [-0.1, -0.05) is 5.21 Å². The summed E-state index contributed by atoms with van der Waals surface area (Å²) in [6.45, 7) is 1.81. The van der Waals surface area contributed by atoms with Crippen LogP contribution in [0.25, 0.3) is 5.69 Å². The van der Waals surface area contributed by atoms with Crippen molar-refractivity contribution in [2.75, 3.05) is 5.73 Å². The molecule has 2 aromatic rings. The van der Waals surface area contributed by atoms with Crippen molar-refractivity contribution < 1.29 is 4.39 Å². The molecular weight excluding hydrogens is 183 g/mol. The second-order valence-electron chi connectivity index (χ2n) is 3.07. The van der Waals surface area contributed by atoms with Gasteiger partial charge in [0.05, 0.1) is 11.9 Å². The standard InChI is InChI=1S/C9H9FN4/c1-6-2-7(10)4-8(3-6)14-5-9(11)12-13-14/h2-5H,11H2,1H3. The lowest BCUT2D eigenvalue weighted by Gasteiger charge is -2.01. The Kier molecular flexibility index (Phi) is 1.92. The highest BCUT2D eigenvalue weighted by Crippen LogP contribution is 2.12. The number of halogens is 1. The van der Waals surface area contributed by atoms with Gasteiger partial charge in [0.15, 0.2) is 5.82 Å². The first-order valence-corrected chi connectivity index (χ1v) is 4.10. The molecule has 4 nitrogen and oxygen atoms in total. The molecule has 0 aliphatic carbocycles. The monoisotopic (exact) mass is 192 g/mol. The number of nitrogens with zero attached hydrogens (tertiary/aromatic N) is 3. The van der Waals surface area contributed by atoms with Gasteiger partial charge in [-0.2, -0.15) is 0 Å². The highest BCUT2D eigenvalue weighted by molar-refractivity contribution is 5.37. The Balaban J connectivity index is 2.51. The van der Waals surface area contributed by atoms with E-state index in [0.717, 1.165) is 5.56 Å². The number of hydrogen-bond acceptors (Lipinski definition) is 3. The lowest BCUT2D eigenvalue weighted by Crippen LogP contribution is -1.96. The molecule has 0 aliphatic heterocycles. The van der Waals surface area contributed by atoms with E-state index < -0.39 is 0 Å². The van der Waals surface area contributed by atoms with Crippen LogP contribution in [-0.4, -0.2) is 15.0 Å². The van der Waals surface area contributed by atoms with Crippen LogP contribution < -0.4 is 5.73 Å². The maximum Gasteiger partial charge on any atom is 0.166 e. The molecule has 0 saturated carbocycles. The summed E-state index contributed by atoms with van der Waals surface area (Å²) in [5.41, 5.74) is 6.85. The average Bonchev–Trinajstić information content (AvgIpc) is 2.50. The first kappa shape index (κ1) is 8.68. The lowest BCUT2D eigenvalue weighted by molar-refractivity contribution is 0.623. The minimum Gasteiger partial charge on any atom is -0.381 e. The molecule has 5 heteroatoms. The molecule has 0 fully saturated rings. The van der Waals surface area contributed by atoms with E-state index in [0.29, 0.717) is 11.5 Å². The molecule has 0 unspecified atom stereocenters. The fourth-order valence-electron chi connectivity index (χ4n) is 1.25. The highest BCUT2D eigenvalue weighted by atomic mass is 19.1. The second kappa shape index (κ2) is 3.10. The molecule has 72 valence electrons. The summed E-state index contributed by atoms with van der Waals surface area (Å²) in [5, 5.41) is 7.36. The van der Waals surface area contributed by atoms with Crippen molar-refractivity contribution in [3.63, 3.8) is 0 Å². The molecule has 0 amide bonds. The number of nitrogen functional groups attached to an aromatic ring is 1. The molecular formula is C9H9FN4. The van der Waals surface area contributed by atoms with Gasteiger partial charge in [0.2, 0.25) is 0 Å². The number of rotatable bonds is 1. The topological polar surface area (TPSA) is 56.7 Å². The third-order valence-corrected chi connectivity index (χ3v) is 1.80. The van der Waals surface area contributed by atoms with Gasteiger partial charge in [0.1, 0.15) is 5.82 Å². The Labute approximate surface area is 80.2 Å². The Hall–Kier alpha value is -1.91. The number of anilines is 1. The van der Waals surface area contributed by atoms with E-state index >= 15 is 0 Å². The van der Waals surface area contributed by atoms with E-state index in [2.05, 4.69) is 10.3 Å². The summed E-state index contributed by atoms with van der Waals surface area (Å²) in [4.78, 5) is 0. The summed E-state index contributed by atoms with van der Waals surface area (Å²) in [6, 6.07) is 4.63. The highest BCUT2D eigenvalue weighted by Gasteiger charge is 2.02. The minimum atomic E-state index is -0.297. The van der Waals surface area contributed by atoms with Gasteiger partial charge in [-0.15, -0.1) is 5.10 Å². The summed E-state index contributed by atoms with van der Waals surface area (Å²) >= 11 is 0. The zero-order valence-electron chi connectivity index (χ0n) is 7.61. The molecule has 2 rings (SSSR count). The fraction of sp³-hybridized carbons (Fsp3) is 0.111. The predicted molar refractivity (Wildman–Crippen MR) is 50.5 cm³/mol. The van der Waals surface area contributed by atoms with Gasteiger partial charge in [-0.05, 0) is 30.7 Å². The zero-order valence-corrected chi connectivity index (χ0v) is 7.61. The predicted octanol–water partition coefficient (Wildman–Crippen LogP) is 1.30. The van der Waals surface area contributed by atoms with Crippen LogP contribution in [0.5, 0.6) is 0 Å².